The fourth-order valence-corrected chi connectivity index (χ4v) is 1.39. The normalized spacial score (nSPS) is 10.1. The van der Waals surface area contributed by atoms with E-state index in [1.807, 2.05) is 18.2 Å². The quantitative estimate of drug-likeness (QED) is 0.838. The molecule has 3 nitrogen and oxygen atoms in total. The van der Waals surface area contributed by atoms with Crippen LogP contribution in [-0.4, -0.2) is 13.5 Å². The average molecular weight is 256 g/mol. The summed E-state index contributed by atoms with van der Waals surface area (Å²) in [6.07, 6.45) is 3.93. The predicted octanol–water partition coefficient (Wildman–Crippen LogP) is 2.17. The lowest BCUT2D eigenvalue weighted by Crippen LogP contribution is -1.98. The molecule has 0 spiro atoms. The molecule has 1 aromatic rings. The van der Waals surface area contributed by atoms with Crippen molar-refractivity contribution < 1.29 is 9.53 Å². The second kappa shape index (κ2) is 5.44. The van der Waals surface area contributed by atoms with Crippen LogP contribution in [0.25, 0.3) is 6.08 Å². The second-order valence-electron chi connectivity index (χ2n) is 2.50. The topological polar surface area (TPSA) is 38.3 Å². The van der Waals surface area contributed by atoms with Crippen LogP contribution in [0.4, 0.5) is 0 Å². The smallest absolute Gasteiger partial charge is 0.211 e. The first-order chi connectivity index (χ1) is 6.77. The number of amides is 1. The van der Waals surface area contributed by atoms with Crippen molar-refractivity contribution in [2.24, 2.45) is 0 Å². The Kier molecular flexibility index (Phi) is 4.19. The predicted molar refractivity (Wildman–Crippen MR) is 58.9 cm³/mol. The van der Waals surface area contributed by atoms with Gasteiger partial charge in [0.1, 0.15) is 5.75 Å². The molecule has 0 bridgehead atoms. The highest BCUT2D eigenvalue weighted by Gasteiger charge is 1.99. The molecule has 0 unspecified atom stereocenters. The molecule has 74 valence electrons. The van der Waals surface area contributed by atoms with Gasteiger partial charge in [-0.25, -0.2) is 0 Å². The van der Waals surface area contributed by atoms with Crippen LogP contribution in [0.1, 0.15) is 5.56 Å². The second-order valence-corrected chi connectivity index (χ2v) is 3.42. The fourth-order valence-electron chi connectivity index (χ4n) is 1.01. The fraction of sp³-hybridized carbons (Fsp3) is 0.100. The molecule has 0 radical (unpaired) electrons. The zero-order valence-electron chi connectivity index (χ0n) is 7.66. The summed E-state index contributed by atoms with van der Waals surface area (Å²) in [5.74, 6) is 0.761. The summed E-state index contributed by atoms with van der Waals surface area (Å²) in [6, 6.07) is 5.65. The molecule has 0 aromatic heterocycles. The number of benzene rings is 1. The third-order valence-electron chi connectivity index (χ3n) is 1.62. The van der Waals surface area contributed by atoms with Gasteiger partial charge in [0.05, 0.1) is 7.11 Å². The minimum absolute atomic E-state index is 0.612. The van der Waals surface area contributed by atoms with E-state index >= 15 is 0 Å². The highest BCUT2D eigenvalue weighted by atomic mass is 79.9. The Morgan fingerprint density at radius 3 is 2.93 bits per heavy atom. The van der Waals surface area contributed by atoms with Gasteiger partial charge in [-0.1, -0.05) is 15.9 Å². The zero-order valence-corrected chi connectivity index (χ0v) is 9.24. The Morgan fingerprint density at radius 2 is 2.29 bits per heavy atom. The van der Waals surface area contributed by atoms with Gasteiger partial charge in [0.25, 0.3) is 0 Å². The highest BCUT2D eigenvalue weighted by Crippen LogP contribution is 2.23. The summed E-state index contributed by atoms with van der Waals surface area (Å²) < 4.78 is 6.10. The molecule has 1 N–H and O–H groups in total. The van der Waals surface area contributed by atoms with E-state index in [0.29, 0.717) is 6.41 Å². The third-order valence-corrected chi connectivity index (χ3v) is 2.11. The number of carbonyl (C=O) groups excluding carboxylic acids is 1. The van der Waals surface area contributed by atoms with Gasteiger partial charge in [-0.3, -0.25) is 4.79 Å². The van der Waals surface area contributed by atoms with Crippen LogP contribution in [0.15, 0.2) is 28.9 Å². The molecule has 0 aliphatic carbocycles. The molecule has 14 heavy (non-hydrogen) atoms. The number of methoxy groups -OCH3 is 1. The van der Waals surface area contributed by atoms with Gasteiger partial charge < -0.3 is 10.1 Å². The summed E-state index contributed by atoms with van der Waals surface area (Å²) in [4.78, 5) is 10.0. The first-order valence-electron chi connectivity index (χ1n) is 3.97. The Balaban J connectivity index is 2.92. The number of carbonyl (C=O) groups is 1. The van der Waals surface area contributed by atoms with E-state index in [1.165, 1.54) is 0 Å². The molecule has 0 aliphatic rings. The van der Waals surface area contributed by atoms with E-state index in [1.54, 1.807) is 19.4 Å². The van der Waals surface area contributed by atoms with Gasteiger partial charge in [0.15, 0.2) is 0 Å². The van der Waals surface area contributed by atoms with E-state index in [9.17, 15) is 4.79 Å². The van der Waals surface area contributed by atoms with Crippen LogP contribution in [0, 0.1) is 0 Å². The molecule has 0 heterocycles. The van der Waals surface area contributed by atoms with Crippen molar-refractivity contribution in [1.82, 2.24) is 5.32 Å². The lowest BCUT2D eigenvalue weighted by molar-refractivity contribution is -0.108. The van der Waals surface area contributed by atoms with Crippen molar-refractivity contribution >= 4 is 28.4 Å². The maximum Gasteiger partial charge on any atom is 0.211 e. The van der Waals surface area contributed by atoms with E-state index in [0.717, 1.165) is 15.8 Å². The number of halogens is 1. The van der Waals surface area contributed by atoms with Gasteiger partial charge in [-0.05, 0) is 24.3 Å². The lowest BCUT2D eigenvalue weighted by Gasteiger charge is -2.04. The first kappa shape index (κ1) is 10.8. The van der Waals surface area contributed by atoms with Gasteiger partial charge in [-0.15, -0.1) is 0 Å². The number of ether oxygens (including phenoxy) is 1. The van der Waals surface area contributed by atoms with Crippen LogP contribution in [-0.2, 0) is 4.79 Å². The van der Waals surface area contributed by atoms with E-state index in [-0.39, 0.29) is 0 Å². The minimum atomic E-state index is 0.612. The van der Waals surface area contributed by atoms with Gasteiger partial charge in [0, 0.05) is 16.2 Å². The third kappa shape index (κ3) is 2.88. The first-order valence-corrected chi connectivity index (χ1v) is 4.77. The average Bonchev–Trinajstić information content (AvgIpc) is 2.19. The molecule has 4 heteroatoms. The number of hydrogen-bond donors (Lipinski definition) is 1. The van der Waals surface area contributed by atoms with Crippen molar-refractivity contribution in [2.75, 3.05) is 7.11 Å². The summed E-state index contributed by atoms with van der Waals surface area (Å²) in [5, 5.41) is 2.44. The van der Waals surface area contributed by atoms with E-state index in [2.05, 4.69) is 21.2 Å². The Morgan fingerprint density at radius 1 is 1.50 bits per heavy atom. The zero-order chi connectivity index (χ0) is 10.4. The van der Waals surface area contributed by atoms with Crippen molar-refractivity contribution in [3.63, 3.8) is 0 Å². The Bertz CT molecular complexity index is 350. The number of nitrogens with one attached hydrogen (secondary N) is 1. The maximum absolute atomic E-state index is 10.0. The molecule has 0 fully saturated rings. The Labute approximate surface area is 90.9 Å². The van der Waals surface area contributed by atoms with Gasteiger partial charge in [-0.2, -0.15) is 0 Å². The van der Waals surface area contributed by atoms with E-state index < -0.39 is 0 Å². The highest BCUT2D eigenvalue weighted by molar-refractivity contribution is 9.10. The van der Waals surface area contributed by atoms with Crippen molar-refractivity contribution in [1.29, 1.82) is 0 Å². The molecular formula is C10H10BrNO2. The standard InChI is InChI=1S/C10H10BrNO2/c1-14-10-3-2-9(11)6-8(10)4-5-12-7-13/h2-7H,1H3,(H,12,13)/b5-4+. The van der Waals surface area contributed by atoms with Crippen LogP contribution in [0.2, 0.25) is 0 Å². The molecule has 1 amide bonds. The molecule has 0 aliphatic heterocycles. The largest absolute Gasteiger partial charge is 0.496 e. The monoisotopic (exact) mass is 255 g/mol. The summed E-state index contributed by atoms with van der Waals surface area (Å²) >= 11 is 3.36. The van der Waals surface area contributed by atoms with Gasteiger partial charge >= 0.3 is 0 Å². The summed E-state index contributed by atoms with van der Waals surface area (Å²) in [7, 11) is 1.60. The van der Waals surface area contributed by atoms with Crippen LogP contribution in [0.3, 0.4) is 0 Å². The van der Waals surface area contributed by atoms with Crippen molar-refractivity contribution in [3.05, 3.63) is 34.4 Å². The Hall–Kier alpha value is -1.29. The molecule has 1 rings (SSSR count). The van der Waals surface area contributed by atoms with E-state index in [4.69, 9.17) is 4.74 Å². The molecule has 0 atom stereocenters. The molecule has 0 saturated carbocycles. The van der Waals surface area contributed by atoms with Gasteiger partial charge in [0.2, 0.25) is 6.41 Å². The van der Waals surface area contributed by atoms with Crippen LogP contribution >= 0.6 is 15.9 Å². The number of rotatable bonds is 4. The molecule has 1 aromatic carbocycles. The van der Waals surface area contributed by atoms with Crippen LogP contribution in [0.5, 0.6) is 5.75 Å². The van der Waals surface area contributed by atoms with Crippen molar-refractivity contribution in [3.8, 4) is 5.75 Å². The maximum atomic E-state index is 10.0. The summed E-state index contributed by atoms with van der Waals surface area (Å²) in [5.41, 5.74) is 0.899. The van der Waals surface area contributed by atoms with Crippen LogP contribution < -0.4 is 10.1 Å². The molecule has 0 saturated heterocycles. The lowest BCUT2D eigenvalue weighted by atomic mass is 10.2. The molecular weight excluding hydrogens is 246 g/mol. The number of hydrogen-bond acceptors (Lipinski definition) is 2. The SMILES string of the molecule is COc1ccc(Br)cc1/C=C/NC=O. The van der Waals surface area contributed by atoms with Crippen molar-refractivity contribution in [2.45, 2.75) is 0 Å². The summed E-state index contributed by atoms with van der Waals surface area (Å²) in [6.45, 7) is 0. The minimum Gasteiger partial charge on any atom is -0.496 e.